The molecule has 0 saturated carbocycles. The minimum absolute atomic E-state index is 0.130. The number of nitrogens with two attached hydrogens (primary N) is 1. The van der Waals surface area contributed by atoms with Gasteiger partial charge in [0.05, 0.1) is 0 Å². The zero-order valence-corrected chi connectivity index (χ0v) is 10.5. The molecular formula is C11H16N4O3. The van der Waals surface area contributed by atoms with Gasteiger partial charge in [-0.15, -0.1) is 0 Å². The average Bonchev–Trinajstić information content (AvgIpc) is 2.28. The molecule has 1 aromatic rings. The van der Waals surface area contributed by atoms with Crippen LogP contribution in [0.3, 0.4) is 0 Å². The lowest BCUT2D eigenvalue weighted by Crippen LogP contribution is -2.52. The highest BCUT2D eigenvalue weighted by atomic mass is 16.6. The van der Waals surface area contributed by atoms with Crippen molar-refractivity contribution in [2.45, 2.75) is 26.3 Å². The van der Waals surface area contributed by atoms with Crippen LogP contribution in [0.15, 0.2) is 18.3 Å². The van der Waals surface area contributed by atoms with E-state index in [1.807, 2.05) is 0 Å². The first-order valence-corrected chi connectivity index (χ1v) is 5.46. The molecule has 1 amide bonds. The molecule has 3 N–H and O–H groups in total. The van der Waals surface area contributed by atoms with E-state index < -0.39 is 16.4 Å². The van der Waals surface area contributed by atoms with Gasteiger partial charge in [-0.1, -0.05) is 13.8 Å². The molecule has 0 radical (unpaired) electrons. The van der Waals surface area contributed by atoms with E-state index in [1.165, 1.54) is 12.3 Å². The summed E-state index contributed by atoms with van der Waals surface area (Å²) in [4.78, 5) is 25.4. The van der Waals surface area contributed by atoms with Gasteiger partial charge in [0.25, 0.3) is 0 Å². The number of carbonyl (C=O) groups excluding carboxylic acids is 1. The van der Waals surface area contributed by atoms with Gasteiger partial charge in [-0.3, -0.25) is 4.79 Å². The van der Waals surface area contributed by atoms with E-state index in [0.717, 1.165) is 0 Å². The number of rotatable bonds is 5. The van der Waals surface area contributed by atoms with Gasteiger partial charge in [-0.2, -0.15) is 0 Å². The number of carbonyl (C=O) groups is 1. The standard InChI is InChI=1S/C11H16N4O3/c1-7(2)11(3,10(12)16)14-8-5-4-6-13-9(8)15(17)18/h4-7,14H,1-3H3,(H2,12,16). The molecule has 1 unspecified atom stereocenters. The molecule has 0 aliphatic heterocycles. The van der Waals surface area contributed by atoms with E-state index >= 15 is 0 Å². The maximum Gasteiger partial charge on any atom is 0.386 e. The second-order valence-electron chi connectivity index (χ2n) is 4.48. The molecule has 98 valence electrons. The van der Waals surface area contributed by atoms with Crippen molar-refractivity contribution in [2.75, 3.05) is 5.32 Å². The molecule has 7 heteroatoms. The topological polar surface area (TPSA) is 111 Å². The molecule has 0 aromatic carbocycles. The first-order chi connectivity index (χ1) is 8.29. The van der Waals surface area contributed by atoms with Gasteiger partial charge in [-0.25, -0.2) is 0 Å². The van der Waals surface area contributed by atoms with Crippen LogP contribution in [-0.2, 0) is 4.79 Å². The van der Waals surface area contributed by atoms with Crippen LogP contribution in [0.1, 0.15) is 20.8 Å². The predicted molar refractivity (Wildman–Crippen MR) is 67.0 cm³/mol. The van der Waals surface area contributed by atoms with Gasteiger partial charge in [0.1, 0.15) is 17.4 Å². The molecular weight excluding hydrogens is 236 g/mol. The fourth-order valence-electron chi connectivity index (χ4n) is 1.41. The fraction of sp³-hybridized carbons (Fsp3) is 0.455. The number of amides is 1. The summed E-state index contributed by atoms with van der Waals surface area (Å²) in [6.45, 7) is 5.22. The number of hydrogen-bond donors (Lipinski definition) is 2. The number of nitro groups is 1. The number of aromatic nitrogens is 1. The maximum atomic E-state index is 11.5. The van der Waals surface area contributed by atoms with Crippen LogP contribution in [0.25, 0.3) is 0 Å². The Kier molecular flexibility index (Phi) is 3.85. The van der Waals surface area contributed by atoms with Gasteiger partial charge >= 0.3 is 5.82 Å². The quantitative estimate of drug-likeness (QED) is 0.606. The van der Waals surface area contributed by atoms with Crippen molar-refractivity contribution in [2.24, 2.45) is 11.7 Å². The third-order valence-electron chi connectivity index (χ3n) is 3.02. The summed E-state index contributed by atoms with van der Waals surface area (Å²) in [6.07, 6.45) is 1.32. The highest BCUT2D eigenvalue weighted by Crippen LogP contribution is 2.27. The van der Waals surface area contributed by atoms with Crippen molar-refractivity contribution in [3.63, 3.8) is 0 Å². The Morgan fingerprint density at radius 1 is 1.61 bits per heavy atom. The number of nitrogens with one attached hydrogen (secondary N) is 1. The second kappa shape index (κ2) is 4.99. The van der Waals surface area contributed by atoms with Crippen LogP contribution in [0.5, 0.6) is 0 Å². The Morgan fingerprint density at radius 2 is 2.22 bits per heavy atom. The molecule has 0 spiro atoms. The van der Waals surface area contributed by atoms with Crippen LogP contribution in [-0.4, -0.2) is 21.4 Å². The van der Waals surface area contributed by atoms with Crippen LogP contribution in [0.4, 0.5) is 11.5 Å². The average molecular weight is 252 g/mol. The van der Waals surface area contributed by atoms with Crippen LogP contribution < -0.4 is 11.1 Å². The molecule has 1 rings (SSSR count). The molecule has 0 bridgehead atoms. The second-order valence-corrected chi connectivity index (χ2v) is 4.48. The Balaban J connectivity index is 3.17. The largest absolute Gasteiger partial charge is 0.386 e. The normalized spacial score (nSPS) is 14.0. The first-order valence-electron chi connectivity index (χ1n) is 5.46. The molecule has 0 saturated heterocycles. The summed E-state index contributed by atoms with van der Waals surface area (Å²) >= 11 is 0. The summed E-state index contributed by atoms with van der Waals surface area (Å²) in [7, 11) is 0. The van der Waals surface area contributed by atoms with E-state index in [-0.39, 0.29) is 17.4 Å². The smallest absolute Gasteiger partial charge is 0.368 e. The van der Waals surface area contributed by atoms with Crippen molar-refractivity contribution in [1.82, 2.24) is 4.98 Å². The van der Waals surface area contributed by atoms with E-state index in [1.54, 1.807) is 26.8 Å². The van der Waals surface area contributed by atoms with E-state index in [2.05, 4.69) is 10.3 Å². The zero-order valence-electron chi connectivity index (χ0n) is 10.5. The van der Waals surface area contributed by atoms with Crippen molar-refractivity contribution < 1.29 is 9.72 Å². The number of hydrogen-bond acceptors (Lipinski definition) is 5. The summed E-state index contributed by atoms with van der Waals surface area (Å²) in [5.74, 6) is -1.03. The Bertz CT molecular complexity index is 475. The molecule has 0 fully saturated rings. The van der Waals surface area contributed by atoms with E-state index in [9.17, 15) is 14.9 Å². The van der Waals surface area contributed by atoms with Gasteiger partial charge < -0.3 is 21.2 Å². The number of primary amides is 1. The Labute approximate surface area is 105 Å². The van der Waals surface area contributed by atoms with Crippen molar-refractivity contribution >= 4 is 17.4 Å². The summed E-state index contributed by atoms with van der Waals surface area (Å²) in [5.41, 5.74) is 4.46. The molecule has 1 atom stereocenters. The van der Waals surface area contributed by atoms with Crippen molar-refractivity contribution in [1.29, 1.82) is 0 Å². The lowest BCUT2D eigenvalue weighted by Gasteiger charge is -2.32. The predicted octanol–water partition coefficient (Wildman–Crippen LogP) is 1.30. The minimum Gasteiger partial charge on any atom is -0.368 e. The zero-order chi connectivity index (χ0) is 13.9. The summed E-state index contributed by atoms with van der Waals surface area (Å²) in [6, 6.07) is 3.05. The van der Waals surface area contributed by atoms with Crippen LogP contribution in [0, 0.1) is 16.0 Å². The van der Waals surface area contributed by atoms with Crippen LogP contribution >= 0.6 is 0 Å². The molecule has 1 heterocycles. The molecule has 7 nitrogen and oxygen atoms in total. The number of anilines is 1. The Hall–Kier alpha value is -2.18. The molecule has 0 aliphatic rings. The minimum atomic E-state index is -1.08. The van der Waals surface area contributed by atoms with Gasteiger partial charge in [-0.05, 0) is 34.9 Å². The first kappa shape index (κ1) is 13.9. The van der Waals surface area contributed by atoms with Crippen molar-refractivity contribution in [3.8, 4) is 0 Å². The molecule has 18 heavy (non-hydrogen) atoms. The molecule has 0 aliphatic carbocycles. The van der Waals surface area contributed by atoms with E-state index in [4.69, 9.17) is 5.73 Å². The SMILES string of the molecule is CC(C)C(C)(Nc1cccnc1[N+](=O)[O-])C(N)=O. The third-order valence-corrected chi connectivity index (χ3v) is 3.02. The molecule has 1 aromatic heterocycles. The monoisotopic (exact) mass is 252 g/mol. The van der Waals surface area contributed by atoms with Gasteiger partial charge in [0, 0.05) is 0 Å². The highest BCUT2D eigenvalue weighted by Gasteiger charge is 2.36. The third kappa shape index (κ3) is 2.55. The van der Waals surface area contributed by atoms with Gasteiger partial charge in [0.2, 0.25) is 5.91 Å². The van der Waals surface area contributed by atoms with Gasteiger partial charge in [0.15, 0.2) is 0 Å². The van der Waals surface area contributed by atoms with Crippen LogP contribution in [0.2, 0.25) is 0 Å². The number of pyridine rings is 1. The highest BCUT2D eigenvalue weighted by molar-refractivity contribution is 5.88. The van der Waals surface area contributed by atoms with E-state index in [0.29, 0.717) is 0 Å². The lowest BCUT2D eigenvalue weighted by molar-refractivity contribution is -0.388. The van der Waals surface area contributed by atoms with Crippen molar-refractivity contribution in [3.05, 3.63) is 28.4 Å². The lowest BCUT2D eigenvalue weighted by atomic mass is 9.87. The maximum absolute atomic E-state index is 11.5. The Morgan fingerprint density at radius 3 is 2.67 bits per heavy atom. The fourth-order valence-corrected chi connectivity index (χ4v) is 1.41. The summed E-state index contributed by atoms with van der Waals surface area (Å²) < 4.78 is 0. The summed E-state index contributed by atoms with van der Waals surface area (Å²) in [5, 5.41) is 13.7. The number of nitrogens with zero attached hydrogens (tertiary/aromatic N) is 2.